The van der Waals surface area contributed by atoms with E-state index in [1.807, 2.05) is 40.8 Å². The van der Waals surface area contributed by atoms with Crippen LogP contribution in [0.3, 0.4) is 0 Å². The third-order valence-electron chi connectivity index (χ3n) is 2.60. The van der Waals surface area contributed by atoms with Gasteiger partial charge >= 0.3 is 0 Å². The fourth-order valence-corrected chi connectivity index (χ4v) is 2.16. The van der Waals surface area contributed by atoms with Crippen molar-refractivity contribution in [1.29, 1.82) is 0 Å². The number of nitrogens with one attached hydrogen (secondary N) is 2. The molecule has 2 aromatic rings. The van der Waals surface area contributed by atoms with E-state index in [0.29, 0.717) is 28.4 Å². The first kappa shape index (κ1) is 12.3. The quantitative estimate of drug-likeness (QED) is 0.789. The summed E-state index contributed by atoms with van der Waals surface area (Å²) in [7, 11) is 0. The zero-order valence-corrected chi connectivity index (χ0v) is 11.9. The Labute approximate surface area is 122 Å². The summed E-state index contributed by atoms with van der Waals surface area (Å²) in [6.45, 7) is 1.10. The van der Waals surface area contributed by atoms with Gasteiger partial charge in [0.2, 0.25) is 0 Å². The number of aromatic nitrogens is 2. The Morgan fingerprint density at radius 3 is 2.89 bits per heavy atom. The summed E-state index contributed by atoms with van der Waals surface area (Å²) in [5.74, 6) is 1.93. The van der Waals surface area contributed by atoms with Crippen molar-refractivity contribution >= 4 is 34.1 Å². The minimum Gasteiger partial charge on any atom is -0.486 e. The van der Waals surface area contributed by atoms with E-state index in [-0.39, 0.29) is 5.56 Å². The monoisotopic (exact) mass is 371 g/mol. The van der Waals surface area contributed by atoms with Crippen molar-refractivity contribution < 1.29 is 9.47 Å². The molecule has 19 heavy (non-hydrogen) atoms. The van der Waals surface area contributed by atoms with E-state index < -0.39 is 0 Å². The van der Waals surface area contributed by atoms with Gasteiger partial charge < -0.3 is 19.8 Å². The zero-order chi connectivity index (χ0) is 13.2. The molecule has 7 heteroatoms. The molecule has 6 nitrogen and oxygen atoms in total. The van der Waals surface area contributed by atoms with Gasteiger partial charge in [-0.25, -0.2) is 4.98 Å². The molecule has 2 heterocycles. The van der Waals surface area contributed by atoms with Crippen LogP contribution in [0.15, 0.2) is 29.3 Å². The Balaban J connectivity index is 1.91. The van der Waals surface area contributed by atoms with E-state index in [4.69, 9.17) is 9.47 Å². The summed E-state index contributed by atoms with van der Waals surface area (Å²) in [5.41, 5.74) is 0.621. The van der Waals surface area contributed by atoms with Crippen molar-refractivity contribution in [1.82, 2.24) is 9.97 Å². The molecule has 0 unspecified atom stereocenters. The number of H-pyrrole nitrogens is 1. The molecule has 0 radical (unpaired) electrons. The molecule has 1 aliphatic heterocycles. The number of halogens is 1. The average Bonchev–Trinajstić information content (AvgIpc) is 2.44. The first-order valence-electron chi connectivity index (χ1n) is 5.64. The van der Waals surface area contributed by atoms with Gasteiger partial charge in [0, 0.05) is 11.8 Å². The van der Waals surface area contributed by atoms with Gasteiger partial charge in [-0.2, -0.15) is 0 Å². The van der Waals surface area contributed by atoms with Crippen molar-refractivity contribution in [2.75, 3.05) is 18.5 Å². The van der Waals surface area contributed by atoms with Crippen LogP contribution < -0.4 is 20.3 Å². The number of hydrogen-bond donors (Lipinski definition) is 2. The predicted molar refractivity (Wildman–Crippen MR) is 78.3 cm³/mol. The van der Waals surface area contributed by atoms with Crippen LogP contribution in [0.25, 0.3) is 0 Å². The number of benzene rings is 1. The maximum atomic E-state index is 11.5. The van der Waals surface area contributed by atoms with Gasteiger partial charge in [0.1, 0.15) is 16.8 Å². The smallest absolute Gasteiger partial charge is 0.266 e. The molecule has 1 aromatic heterocycles. The van der Waals surface area contributed by atoms with Crippen LogP contribution in [0, 0.1) is 3.57 Å². The van der Waals surface area contributed by atoms with Gasteiger partial charge in [0.15, 0.2) is 17.3 Å². The number of hydrogen-bond acceptors (Lipinski definition) is 5. The number of ether oxygens (including phenoxy) is 2. The van der Waals surface area contributed by atoms with Gasteiger partial charge in [0.05, 0.1) is 6.33 Å². The van der Waals surface area contributed by atoms with Gasteiger partial charge in [0.25, 0.3) is 5.56 Å². The largest absolute Gasteiger partial charge is 0.486 e. The van der Waals surface area contributed by atoms with Crippen LogP contribution in [-0.4, -0.2) is 23.2 Å². The Bertz CT molecular complexity index is 672. The second-order valence-corrected chi connectivity index (χ2v) is 4.96. The second kappa shape index (κ2) is 5.08. The molecule has 0 spiro atoms. The fraction of sp³-hybridized carbons (Fsp3) is 0.167. The first-order valence-corrected chi connectivity index (χ1v) is 6.72. The molecule has 0 fully saturated rings. The molecule has 0 amide bonds. The van der Waals surface area contributed by atoms with E-state index in [1.165, 1.54) is 6.33 Å². The van der Waals surface area contributed by atoms with Crippen LogP contribution in [0.1, 0.15) is 0 Å². The van der Waals surface area contributed by atoms with E-state index in [0.717, 1.165) is 11.4 Å². The Hall–Kier alpha value is -1.77. The normalized spacial score (nSPS) is 13.1. The Morgan fingerprint density at radius 2 is 2.05 bits per heavy atom. The maximum Gasteiger partial charge on any atom is 0.266 e. The molecule has 0 atom stereocenters. The van der Waals surface area contributed by atoms with Crippen LogP contribution in [0.5, 0.6) is 11.5 Å². The predicted octanol–water partition coefficient (Wildman–Crippen LogP) is 1.89. The highest BCUT2D eigenvalue weighted by Crippen LogP contribution is 2.33. The van der Waals surface area contributed by atoms with E-state index in [1.54, 1.807) is 0 Å². The summed E-state index contributed by atoms with van der Waals surface area (Å²) in [4.78, 5) is 18.1. The van der Waals surface area contributed by atoms with Crippen molar-refractivity contribution in [3.05, 3.63) is 38.5 Å². The highest BCUT2D eigenvalue weighted by atomic mass is 127. The molecule has 1 aromatic carbocycles. The molecule has 1 aliphatic rings. The second-order valence-electron chi connectivity index (χ2n) is 3.88. The van der Waals surface area contributed by atoms with Gasteiger partial charge in [-0.15, -0.1) is 0 Å². The lowest BCUT2D eigenvalue weighted by Crippen LogP contribution is -2.15. The minimum atomic E-state index is -0.171. The highest BCUT2D eigenvalue weighted by molar-refractivity contribution is 14.1. The molecular weight excluding hydrogens is 361 g/mol. The van der Waals surface area contributed by atoms with E-state index in [2.05, 4.69) is 15.3 Å². The maximum absolute atomic E-state index is 11.5. The van der Waals surface area contributed by atoms with Crippen LogP contribution in [0.2, 0.25) is 0 Å². The number of anilines is 2. The van der Waals surface area contributed by atoms with Crippen molar-refractivity contribution in [3.63, 3.8) is 0 Å². The number of aromatic amines is 1. The molecule has 2 N–H and O–H groups in total. The summed E-state index contributed by atoms with van der Waals surface area (Å²) < 4.78 is 11.5. The van der Waals surface area contributed by atoms with E-state index in [9.17, 15) is 4.79 Å². The van der Waals surface area contributed by atoms with Crippen molar-refractivity contribution in [2.45, 2.75) is 0 Å². The standard InChI is InChI=1S/C12H10IN3O3/c13-10-11(14-6-15-12(10)17)16-7-1-2-8-9(5-7)19-4-3-18-8/h1-2,5-6H,3-4H2,(H2,14,15,16,17). The molecule has 3 rings (SSSR count). The third kappa shape index (κ3) is 2.50. The first-order chi connectivity index (χ1) is 9.24. The van der Waals surface area contributed by atoms with Gasteiger partial charge in [-0.1, -0.05) is 0 Å². The number of nitrogens with zero attached hydrogens (tertiary/aromatic N) is 1. The van der Waals surface area contributed by atoms with Crippen LogP contribution in [0.4, 0.5) is 11.5 Å². The molecule has 0 bridgehead atoms. The molecular formula is C12H10IN3O3. The SMILES string of the molecule is O=c1[nH]cnc(Nc2ccc3c(c2)OCCO3)c1I. The van der Waals surface area contributed by atoms with Crippen LogP contribution in [-0.2, 0) is 0 Å². The number of fused-ring (bicyclic) bond motifs is 1. The molecule has 0 aliphatic carbocycles. The van der Waals surface area contributed by atoms with Crippen molar-refractivity contribution in [3.8, 4) is 11.5 Å². The Kier molecular flexibility index (Phi) is 3.28. The lowest BCUT2D eigenvalue weighted by atomic mass is 10.2. The van der Waals surface area contributed by atoms with Crippen LogP contribution >= 0.6 is 22.6 Å². The van der Waals surface area contributed by atoms with Gasteiger partial charge in [-0.05, 0) is 34.7 Å². The lowest BCUT2D eigenvalue weighted by Gasteiger charge is -2.19. The number of rotatable bonds is 2. The molecule has 98 valence electrons. The highest BCUT2D eigenvalue weighted by Gasteiger charge is 2.12. The molecule has 0 saturated carbocycles. The summed E-state index contributed by atoms with van der Waals surface area (Å²) in [5, 5.41) is 3.09. The third-order valence-corrected chi connectivity index (χ3v) is 3.60. The summed E-state index contributed by atoms with van der Waals surface area (Å²) >= 11 is 1.95. The van der Waals surface area contributed by atoms with Gasteiger partial charge in [-0.3, -0.25) is 4.79 Å². The summed E-state index contributed by atoms with van der Waals surface area (Å²) in [6.07, 6.45) is 1.37. The average molecular weight is 371 g/mol. The topological polar surface area (TPSA) is 76.2 Å². The Morgan fingerprint density at radius 1 is 1.26 bits per heavy atom. The zero-order valence-electron chi connectivity index (χ0n) is 9.77. The molecule has 0 saturated heterocycles. The summed E-state index contributed by atoms with van der Waals surface area (Å²) in [6, 6.07) is 5.51. The van der Waals surface area contributed by atoms with Crippen molar-refractivity contribution in [2.24, 2.45) is 0 Å². The van der Waals surface area contributed by atoms with E-state index >= 15 is 0 Å². The lowest BCUT2D eigenvalue weighted by molar-refractivity contribution is 0.171. The fourth-order valence-electron chi connectivity index (χ4n) is 1.73. The minimum absolute atomic E-state index is 0.171.